The van der Waals surface area contributed by atoms with Gasteiger partial charge in [-0.2, -0.15) is 0 Å². The molecule has 0 saturated heterocycles. The Morgan fingerprint density at radius 1 is 1.56 bits per heavy atom. The number of halogens is 1. The van der Waals surface area contributed by atoms with E-state index in [1.54, 1.807) is 0 Å². The number of rotatable bonds is 7. The number of nitrogens with one attached hydrogen (secondary N) is 2. The molecule has 0 aliphatic heterocycles. The van der Waals surface area contributed by atoms with Crippen LogP contribution in [0.15, 0.2) is 16.9 Å². The highest BCUT2D eigenvalue weighted by molar-refractivity contribution is 7.88. The second-order valence-electron chi connectivity index (χ2n) is 3.55. The van der Waals surface area contributed by atoms with Gasteiger partial charge in [0.05, 0.1) is 5.69 Å². The van der Waals surface area contributed by atoms with E-state index >= 15 is 0 Å². The van der Waals surface area contributed by atoms with E-state index < -0.39 is 15.4 Å². The van der Waals surface area contributed by atoms with E-state index in [1.807, 2.05) is 0 Å². The quantitative estimate of drug-likeness (QED) is 0.537. The van der Waals surface area contributed by atoms with Gasteiger partial charge in [0.1, 0.15) is 17.4 Å². The molecule has 1 heterocycles. The molecular weight excluding hydrogens is 282 g/mol. The summed E-state index contributed by atoms with van der Waals surface area (Å²) in [6.07, 6.45) is 1.30. The van der Waals surface area contributed by atoms with Crippen LogP contribution in [0.3, 0.4) is 0 Å². The van der Waals surface area contributed by atoms with Gasteiger partial charge < -0.3 is 9.84 Å². The van der Waals surface area contributed by atoms with Gasteiger partial charge in [0.2, 0.25) is 15.9 Å². The lowest BCUT2D eigenvalue weighted by Crippen LogP contribution is -2.37. The average Bonchev–Trinajstić information content (AvgIpc) is 2.75. The van der Waals surface area contributed by atoms with Crippen molar-refractivity contribution in [1.82, 2.24) is 15.2 Å². The van der Waals surface area contributed by atoms with Gasteiger partial charge in [0.15, 0.2) is 0 Å². The Bertz CT molecular complexity index is 472. The number of aromatic nitrogens is 1. The van der Waals surface area contributed by atoms with Crippen molar-refractivity contribution in [2.24, 2.45) is 0 Å². The fraction of sp³-hybridized carbons (Fsp3) is 0.556. The van der Waals surface area contributed by atoms with E-state index in [-0.39, 0.29) is 24.7 Å². The van der Waals surface area contributed by atoms with E-state index in [0.29, 0.717) is 5.69 Å². The molecule has 1 amide bonds. The number of nitrogens with zero attached hydrogens (tertiary/aromatic N) is 1. The normalized spacial score (nSPS) is 13.2. The van der Waals surface area contributed by atoms with Gasteiger partial charge >= 0.3 is 0 Å². The molecule has 0 aliphatic carbocycles. The second kappa shape index (κ2) is 6.72. The van der Waals surface area contributed by atoms with E-state index in [1.165, 1.54) is 19.3 Å². The van der Waals surface area contributed by atoms with Crippen molar-refractivity contribution < 1.29 is 17.7 Å². The standard InChI is InChI=1S/C9H14ClN3O4S/c1-7(10)9(14)11-3-4-12-18(15,16)6-8-2-5-17-13-8/h2,5,7,12H,3-4,6H2,1H3,(H,11,14). The van der Waals surface area contributed by atoms with Gasteiger partial charge in [-0.05, 0) is 6.92 Å². The third kappa shape index (κ3) is 5.48. The zero-order chi connectivity index (χ0) is 13.6. The lowest BCUT2D eigenvalue weighted by atomic mass is 10.4. The monoisotopic (exact) mass is 295 g/mol. The summed E-state index contributed by atoms with van der Waals surface area (Å²) < 4.78 is 29.9. The number of hydrogen-bond acceptors (Lipinski definition) is 5. The second-order valence-corrected chi connectivity index (χ2v) is 6.01. The van der Waals surface area contributed by atoms with Gasteiger partial charge in [-0.15, -0.1) is 11.6 Å². The molecule has 7 nitrogen and oxygen atoms in total. The molecule has 1 aromatic heterocycles. The minimum Gasteiger partial charge on any atom is -0.364 e. The Morgan fingerprint density at radius 2 is 2.28 bits per heavy atom. The predicted octanol–water partition coefficient (Wildman–Crippen LogP) is -0.163. The van der Waals surface area contributed by atoms with Crippen LogP contribution in [0.1, 0.15) is 12.6 Å². The summed E-state index contributed by atoms with van der Waals surface area (Å²) >= 11 is 5.52. The number of sulfonamides is 1. The summed E-state index contributed by atoms with van der Waals surface area (Å²) in [5, 5.41) is 5.34. The first kappa shape index (κ1) is 14.9. The molecule has 2 N–H and O–H groups in total. The molecule has 1 aromatic rings. The zero-order valence-electron chi connectivity index (χ0n) is 9.72. The van der Waals surface area contributed by atoms with Crippen LogP contribution in [0.4, 0.5) is 0 Å². The van der Waals surface area contributed by atoms with Crippen LogP contribution in [-0.4, -0.2) is 37.9 Å². The minimum atomic E-state index is -3.48. The van der Waals surface area contributed by atoms with Crippen molar-refractivity contribution in [3.63, 3.8) is 0 Å². The van der Waals surface area contributed by atoms with Crippen LogP contribution < -0.4 is 10.0 Å². The van der Waals surface area contributed by atoms with Crippen molar-refractivity contribution >= 4 is 27.5 Å². The molecular formula is C9H14ClN3O4S. The van der Waals surface area contributed by atoms with E-state index in [4.69, 9.17) is 11.6 Å². The van der Waals surface area contributed by atoms with E-state index in [9.17, 15) is 13.2 Å². The SMILES string of the molecule is CC(Cl)C(=O)NCCNS(=O)(=O)Cc1ccon1. The average molecular weight is 296 g/mol. The molecule has 102 valence electrons. The highest BCUT2D eigenvalue weighted by Gasteiger charge is 2.13. The molecule has 1 unspecified atom stereocenters. The molecule has 0 bridgehead atoms. The fourth-order valence-corrected chi connectivity index (χ4v) is 2.22. The van der Waals surface area contributed by atoms with E-state index in [2.05, 4.69) is 19.7 Å². The van der Waals surface area contributed by atoms with Gasteiger partial charge in [-0.3, -0.25) is 4.79 Å². The summed E-state index contributed by atoms with van der Waals surface area (Å²) in [7, 11) is -3.48. The van der Waals surface area contributed by atoms with Crippen LogP contribution in [0.25, 0.3) is 0 Å². The number of alkyl halides is 1. The molecule has 0 fully saturated rings. The predicted molar refractivity (Wildman–Crippen MR) is 65.5 cm³/mol. The highest BCUT2D eigenvalue weighted by Crippen LogP contribution is 2.00. The van der Waals surface area contributed by atoms with Crippen molar-refractivity contribution in [3.8, 4) is 0 Å². The number of amides is 1. The molecule has 0 radical (unpaired) electrons. The molecule has 0 saturated carbocycles. The summed E-state index contributed by atoms with van der Waals surface area (Å²) in [5.74, 6) is -0.601. The van der Waals surface area contributed by atoms with Crippen LogP contribution in [0.2, 0.25) is 0 Å². The molecule has 1 rings (SSSR count). The topological polar surface area (TPSA) is 101 Å². The molecule has 0 spiro atoms. The third-order valence-electron chi connectivity index (χ3n) is 1.94. The first-order valence-corrected chi connectivity index (χ1v) is 7.28. The largest absolute Gasteiger partial charge is 0.364 e. The van der Waals surface area contributed by atoms with E-state index in [0.717, 1.165) is 0 Å². The van der Waals surface area contributed by atoms with Crippen LogP contribution in [0, 0.1) is 0 Å². The Balaban J connectivity index is 2.28. The molecule has 18 heavy (non-hydrogen) atoms. The lowest BCUT2D eigenvalue weighted by Gasteiger charge is -2.07. The van der Waals surface area contributed by atoms with Gasteiger partial charge in [0, 0.05) is 19.2 Å². The smallest absolute Gasteiger partial charge is 0.237 e. The first-order chi connectivity index (χ1) is 8.41. The highest BCUT2D eigenvalue weighted by atomic mass is 35.5. The number of hydrogen-bond donors (Lipinski definition) is 2. The first-order valence-electron chi connectivity index (χ1n) is 5.19. The van der Waals surface area contributed by atoms with Crippen molar-refractivity contribution in [2.75, 3.05) is 13.1 Å². The van der Waals surface area contributed by atoms with Crippen LogP contribution in [0.5, 0.6) is 0 Å². The maximum Gasteiger partial charge on any atom is 0.237 e. The Morgan fingerprint density at radius 3 is 2.83 bits per heavy atom. The number of carbonyl (C=O) groups excluding carboxylic acids is 1. The maximum absolute atomic E-state index is 11.5. The Kier molecular flexibility index (Phi) is 5.57. The Labute approximate surface area is 110 Å². The fourth-order valence-electron chi connectivity index (χ4n) is 1.09. The molecule has 0 aromatic carbocycles. The number of carbonyl (C=O) groups is 1. The van der Waals surface area contributed by atoms with Crippen molar-refractivity contribution in [3.05, 3.63) is 18.0 Å². The summed E-state index contributed by atoms with van der Waals surface area (Å²) in [4.78, 5) is 11.1. The maximum atomic E-state index is 11.5. The Hall–Kier alpha value is -1.12. The van der Waals surface area contributed by atoms with Gasteiger partial charge in [-0.25, -0.2) is 13.1 Å². The summed E-state index contributed by atoms with van der Waals surface area (Å²) in [5.41, 5.74) is 0.320. The van der Waals surface area contributed by atoms with Gasteiger partial charge in [-0.1, -0.05) is 5.16 Å². The van der Waals surface area contributed by atoms with Gasteiger partial charge in [0.25, 0.3) is 0 Å². The lowest BCUT2D eigenvalue weighted by molar-refractivity contribution is -0.120. The van der Waals surface area contributed by atoms with Crippen LogP contribution in [-0.2, 0) is 20.6 Å². The zero-order valence-corrected chi connectivity index (χ0v) is 11.3. The minimum absolute atomic E-state index is 0.0928. The summed E-state index contributed by atoms with van der Waals surface area (Å²) in [6, 6.07) is 1.47. The molecule has 0 aliphatic rings. The third-order valence-corrected chi connectivity index (χ3v) is 3.45. The molecule has 9 heteroatoms. The summed E-state index contributed by atoms with van der Waals surface area (Å²) in [6.45, 7) is 1.80. The molecule has 1 atom stereocenters. The van der Waals surface area contributed by atoms with Crippen molar-refractivity contribution in [2.45, 2.75) is 18.1 Å². The van der Waals surface area contributed by atoms with Crippen LogP contribution >= 0.6 is 11.6 Å². The van der Waals surface area contributed by atoms with Crippen molar-refractivity contribution in [1.29, 1.82) is 0 Å².